The van der Waals surface area contributed by atoms with Crippen molar-refractivity contribution in [1.29, 1.82) is 0 Å². The van der Waals surface area contributed by atoms with Gasteiger partial charge in [-0.25, -0.2) is 0 Å². The van der Waals surface area contributed by atoms with Gasteiger partial charge in [-0.3, -0.25) is 9.78 Å². The first-order valence-corrected chi connectivity index (χ1v) is 4.95. The molecule has 3 heteroatoms. The summed E-state index contributed by atoms with van der Waals surface area (Å²) in [5.41, 5.74) is 2.59. The summed E-state index contributed by atoms with van der Waals surface area (Å²) in [4.78, 5) is 15.4. The first kappa shape index (κ1) is 10.4. The van der Waals surface area contributed by atoms with E-state index in [9.17, 15) is 4.79 Å². The van der Waals surface area contributed by atoms with Crippen molar-refractivity contribution < 1.29 is 4.79 Å². The van der Waals surface area contributed by atoms with Crippen LogP contribution >= 0.6 is 0 Å². The lowest BCUT2D eigenvalue weighted by Crippen LogP contribution is -2.17. The standard InChI is InChI=1S/C13H11N2O/c1-14-13(16)12-4-2-3-11(9-12)10-5-7-15-8-6-10/h3-9H,1H3,(H,14,16). The van der Waals surface area contributed by atoms with Gasteiger partial charge in [0.15, 0.2) is 0 Å². The van der Waals surface area contributed by atoms with Crippen LogP contribution in [0.2, 0.25) is 0 Å². The molecule has 0 fully saturated rings. The Morgan fingerprint density at radius 1 is 1.25 bits per heavy atom. The zero-order chi connectivity index (χ0) is 11.4. The summed E-state index contributed by atoms with van der Waals surface area (Å²) >= 11 is 0. The quantitative estimate of drug-likeness (QED) is 0.824. The number of carbonyl (C=O) groups is 1. The van der Waals surface area contributed by atoms with Crippen molar-refractivity contribution in [3.63, 3.8) is 0 Å². The summed E-state index contributed by atoms with van der Waals surface area (Å²) in [6.07, 6.45) is 3.45. The Balaban J connectivity index is 2.40. The van der Waals surface area contributed by atoms with Crippen molar-refractivity contribution in [1.82, 2.24) is 10.3 Å². The average molecular weight is 211 g/mol. The van der Waals surface area contributed by atoms with Gasteiger partial charge in [-0.1, -0.05) is 0 Å². The van der Waals surface area contributed by atoms with Crippen molar-refractivity contribution in [2.24, 2.45) is 0 Å². The summed E-state index contributed by atoms with van der Waals surface area (Å²) in [6, 6.07) is 12.1. The zero-order valence-electron chi connectivity index (χ0n) is 8.90. The lowest BCUT2D eigenvalue weighted by molar-refractivity contribution is 0.0963. The predicted octanol–water partition coefficient (Wildman–Crippen LogP) is 1.91. The number of nitrogens with one attached hydrogen (secondary N) is 1. The van der Waals surface area contributed by atoms with Gasteiger partial charge in [-0.2, -0.15) is 0 Å². The minimum atomic E-state index is -0.104. The van der Waals surface area contributed by atoms with Gasteiger partial charge in [0.05, 0.1) is 0 Å². The molecule has 79 valence electrons. The smallest absolute Gasteiger partial charge is 0.251 e. The number of rotatable bonds is 2. The van der Waals surface area contributed by atoms with Crippen molar-refractivity contribution in [3.8, 4) is 11.1 Å². The predicted molar refractivity (Wildman–Crippen MR) is 61.9 cm³/mol. The number of amides is 1. The zero-order valence-corrected chi connectivity index (χ0v) is 8.90. The molecule has 0 aliphatic heterocycles. The van der Waals surface area contributed by atoms with E-state index in [1.807, 2.05) is 24.3 Å². The third kappa shape index (κ3) is 2.08. The molecule has 0 unspecified atom stereocenters. The van der Waals surface area contributed by atoms with Gasteiger partial charge in [0.25, 0.3) is 5.91 Å². The number of hydrogen-bond acceptors (Lipinski definition) is 2. The van der Waals surface area contributed by atoms with Crippen LogP contribution in [0.25, 0.3) is 11.1 Å². The number of carbonyl (C=O) groups excluding carboxylic acids is 1. The number of benzene rings is 1. The van der Waals surface area contributed by atoms with Crippen LogP contribution in [0.1, 0.15) is 10.4 Å². The second kappa shape index (κ2) is 4.57. The van der Waals surface area contributed by atoms with Gasteiger partial charge in [0, 0.05) is 25.0 Å². The molecule has 3 nitrogen and oxygen atoms in total. The Labute approximate surface area is 94.1 Å². The molecule has 0 aliphatic carbocycles. The fourth-order valence-electron chi connectivity index (χ4n) is 1.46. The van der Waals surface area contributed by atoms with E-state index in [0.717, 1.165) is 11.1 Å². The molecule has 1 N–H and O–H groups in total. The molecule has 2 rings (SSSR count). The molecule has 0 saturated carbocycles. The molecule has 0 bridgehead atoms. The molecule has 0 saturated heterocycles. The third-order valence-corrected chi connectivity index (χ3v) is 2.29. The lowest BCUT2D eigenvalue weighted by atomic mass is 10.0. The number of nitrogens with zero attached hydrogens (tertiary/aromatic N) is 1. The normalized spacial score (nSPS) is 9.81. The maximum Gasteiger partial charge on any atom is 0.251 e. The molecule has 1 heterocycles. The van der Waals surface area contributed by atoms with Crippen LogP contribution in [-0.4, -0.2) is 17.9 Å². The minimum absolute atomic E-state index is 0.104. The molecule has 2 aromatic rings. The molecular formula is C13H11N2O. The topological polar surface area (TPSA) is 42.0 Å². The van der Waals surface area contributed by atoms with Crippen LogP contribution < -0.4 is 5.32 Å². The molecule has 0 spiro atoms. The minimum Gasteiger partial charge on any atom is -0.355 e. The largest absolute Gasteiger partial charge is 0.355 e. The van der Waals surface area contributed by atoms with E-state index in [0.29, 0.717) is 5.56 Å². The Kier molecular flexibility index (Phi) is 2.96. The number of pyridine rings is 1. The van der Waals surface area contributed by atoms with Crippen LogP contribution in [-0.2, 0) is 0 Å². The van der Waals surface area contributed by atoms with Crippen LogP contribution in [0.5, 0.6) is 0 Å². The van der Waals surface area contributed by atoms with Crippen molar-refractivity contribution >= 4 is 5.91 Å². The highest BCUT2D eigenvalue weighted by molar-refractivity contribution is 5.95. The maximum absolute atomic E-state index is 11.5. The van der Waals surface area contributed by atoms with E-state index >= 15 is 0 Å². The van der Waals surface area contributed by atoms with Crippen LogP contribution in [0.15, 0.2) is 42.7 Å². The summed E-state index contributed by atoms with van der Waals surface area (Å²) in [5.74, 6) is -0.104. The monoisotopic (exact) mass is 211 g/mol. The Morgan fingerprint density at radius 2 is 2.00 bits per heavy atom. The maximum atomic E-state index is 11.5. The number of hydrogen-bond donors (Lipinski definition) is 1. The molecule has 1 aromatic carbocycles. The van der Waals surface area contributed by atoms with Gasteiger partial charge < -0.3 is 5.32 Å². The van der Waals surface area contributed by atoms with Crippen molar-refractivity contribution in [3.05, 3.63) is 54.4 Å². The van der Waals surface area contributed by atoms with Crippen molar-refractivity contribution in [2.45, 2.75) is 0 Å². The molecular weight excluding hydrogens is 200 g/mol. The van der Waals surface area contributed by atoms with Gasteiger partial charge in [-0.15, -0.1) is 0 Å². The summed E-state index contributed by atoms with van der Waals surface area (Å²) in [7, 11) is 1.61. The van der Waals surface area contributed by atoms with Crippen LogP contribution in [0, 0.1) is 6.07 Å². The molecule has 0 aliphatic rings. The molecule has 1 radical (unpaired) electrons. The van der Waals surface area contributed by atoms with E-state index in [-0.39, 0.29) is 5.91 Å². The highest BCUT2D eigenvalue weighted by Gasteiger charge is 2.04. The fourth-order valence-corrected chi connectivity index (χ4v) is 1.46. The third-order valence-electron chi connectivity index (χ3n) is 2.29. The van der Waals surface area contributed by atoms with Crippen LogP contribution in [0.4, 0.5) is 0 Å². The van der Waals surface area contributed by atoms with E-state index in [2.05, 4.69) is 16.4 Å². The number of aromatic nitrogens is 1. The van der Waals surface area contributed by atoms with Crippen molar-refractivity contribution in [2.75, 3.05) is 7.05 Å². The van der Waals surface area contributed by atoms with Crippen LogP contribution in [0.3, 0.4) is 0 Å². The van der Waals surface area contributed by atoms with E-state index in [1.54, 1.807) is 25.5 Å². The SMILES string of the molecule is CNC(=O)c1c[c]cc(-c2ccncc2)c1. The Bertz CT molecular complexity index is 494. The van der Waals surface area contributed by atoms with E-state index < -0.39 is 0 Å². The Hall–Kier alpha value is -2.16. The highest BCUT2D eigenvalue weighted by Crippen LogP contribution is 2.18. The lowest BCUT2D eigenvalue weighted by Gasteiger charge is -2.03. The first-order chi connectivity index (χ1) is 7.81. The van der Waals surface area contributed by atoms with Gasteiger partial charge in [0.2, 0.25) is 0 Å². The Morgan fingerprint density at radius 3 is 2.69 bits per heavy atom. The highest BCUT2D eigenvalue weighted by atomic mass is 16.1. The van der Waals surface area contributed by atoms with Gasteiger partial charge in [-0.05, 0) is 47.5 Å². The van der Waals surface area contributed by atoms with Gasteiger partial charge >= 0.3 is 0 Å². The summed E-state index contributed by atoms with van der Waals surface area (Å²) < 4.78 is 0. The second-order valence-electron chi connectivity index (χ2n) is 3.33. The van der Waals surface area contributed by atoms with E-state index in [1.165, 1.54) is 0 Å². The average Bonchev–Trinajstić information content (AvgIpc) is 2.39. The fraction of sp³-hybridized carbons (Fsp3) is 0.0769. The summed E-state index contributed by atoms with van der Waals surface area (Å²) in [5, 5.41) is 2.59. The van der Waals surface area contributed by atoms with E-state index in [4.69, 9.17) is 0 Å². The first-order valence-electron chi connectivity index (χ1n) is 4.95. The molecule has 1 amide bonds. The van der Waals surface area contributed by atoms with Gasteiger partial charge in [0.1, 0.15) is 0 Å². The molecule has 16 heavy (non-hydrogen) atoms. The second-order valence-corrected chi connectivity index (χ2v) is 3.33. The molecule has 0 atom stereocenters. The molecule has 1 aromatic heterocycles. The summed E-state index contributed by atoms with van der Waals surface area (Å²) in [6.45, 7) is 0.